The molecular formula is C25H38N2O2. The van der Waals surface area contributed by atoms with Crippen LogP contribution in [-0.2, 0) is 11.8 Å². The Balaban J connectivity index is 1.66. The summed E-state index contributed by atoms with van der Waals surface area (Å²) in [5.41, 5.74) is 2.23. The molecule has 4 heteroatoms. The average Bonchev–Trinajstić information content (AvgIpc) is 2.96. The fraction of sp³-hybridized carbons (Fsp3) is 0.720. The lowest BCUT2D eigenvalue weighted by Gasteiger charge is -2.61. The van der Waals surface area contributed by atoms with Crippen LogP contribution in [0.5, 0.6) is 0 Å². The van der Waals surface area contributed by atoms with Gasteiger partial charge in [0.1, 0.15) is 0 Å². The van der Waals surface area contributed by atoms with Crippen LogP contribution in [0.3, 0.4) is 0 Å². The summed E-state index contributed by atoms with van der Waals surface area (Å²) in [5, 5.41) is 10.4. The summed E-state index contributed by atoms with van der Waals surface area (Å²) in [6, 6.07) is 9.59. The molecule has 2 aliphatic heterocycles. The van der Waals surface area contributed by atoms with E-state index >= 15 is 0 Å². The minimum absolute atomic E-state index is 0.0178. The Morgan fingerprint density at radius 2 is 1.90 bits per heavy atom. The van der Waals surface area contributed by atoms with Crippen molar-refractivity contribution >= 4 is 6.03 Å². The SMILES string of the molecule is C[C@@H]1CC[C@H](CC(C)(C)O)N1C(=O)N1CC[C@@]2(C)c3ccccc3C[C@@H]1C2(C)C. The lowest BCUT2D eigenvalue weighted by atomic mass is 9.51. The van der Waals surface area contributed by atoms with Gasteiger partial charge in [0, 0.05) is 30.1 Å². The van der Waals surface area contributed by atoms with Crippen LogP contribution in [0, 0.1) is 5.41 Å². The third kappa shape index (κ3) is 3.19. The van der Waals surface area contributed by atoms with E-state index in [-0.39, 0.29) is 35.0 Å². The molecule has 0 saturated carbocycles. The van der Waals surface area contributed by atoms with Crippen molar-refractivity contribution in [3.63, 3.8) is 0 Å². The van der Waals surface area contributed by atoms with E-state index in [1.807, 2.05) is 13.8 Å². The minimum atomic E-state index is -0.753. The zero-order valence-electron chi connectivity index (χ0n) is 19.0. The van der Waals surface area contributed by atoms with E-state index in [9.17, 15) is 9.90 Å². The molecule has 2 bridgehead atoms. The van der Waals surface area contributed by atoms with E-state index in [0.29, 0.717) is 6.42 Å². The first-order chi connectivity index (χ1) is 13.5. The number of fused-ring (bicyclic) bond motifs is 4. The van der Waals surface area contributed by atoms with Gasteiger partial charge >= 0.3 is 6.03 Å². The number of urea groups is 1. The zero-order chi connectivity index (χ0) is 21.2. The topological polar surface area (TPSA) is 43.8 Å². The van der Waals surface area contributed by atoms with Crippen LogP contribution >= 0.6 is 0 Å². The van der Waals surface area contributed by atoms with Gasteiger partial charge < -0.3 is 14.9 Å². The molecule has 3 aliphatic rings. The number of aliphatic hydroxyl groups is 1. The van der Waals surface area contributed by atoms with Crippen LogP contribution in [-0.4, -0.2) is 51.2 Å². The maximum atomic E-state index is 13.9. The van der Waals surface area contributed by atoms with Crippen LogP contribution in [0.15, 0.2) is 24.3 Å². The molecule has 4 nitrogen and oxygen atoms in total. The summed E-state index contributed by atoms with van der Waals surface area (Å²) in [7, 11) is 0. The smallest absolute Gasteiger partial charge is 0.320 e. The number of rotatable bonds is 2. The van der Waals surface area contributed by atoms with Crippen molar-refractivity contribution in [2.75, 3.05) is 6.54 Å². The second-order valence-electron chi connectivity index (χ2n) is 11.2. The molecule has 2 heterocycles. The number of nitrogens with zero attached hydrogens (tertiary/aromatic N) is 2. The highest BCUT2D eigenvalue weighted by Gasteiger charge is 2.57. The molecule has 4 atom stereocenters. The number of piperidine rings is 1. The summed E-state index contributed by atoms with van der Waals surface area (Å²) in [5.74, 6) is 0. The summed E-state index contributed by atoms with van der Waals surface area (Å²) < 4.78 is 0. The van der Waals surface area contributed by atoms with Crippen LogP contribution < -0.4 is 0 Å². The molecular weight excluding hydrogens is 360 g/mol. The second kappa shape index (κ2) is 6.73. The zero-order valence-corrected chi connectivity index (χ0v) is 19.0. The molecule has 0 radical (unpaired) electrons. The van der Waals surface area contributed by atoms with Crippen molar-refractivity contribution < 1.29 is 9.90 Å². The third-order valence-electron chi connectivity index (χ3n) is 8.50. The van der Waals surface area contributed by atoms with Gasteiger partial charge in [-0.05, 0) is 69.4 Å². The third-order valence-corrected chi connectivity index (χ3v) is 8.50. The first-order valence-corrected chi connectivity index (χ1v) is 11.4. The number of carbonyl (C=O) groups excluding carboxylic acids is 1. The molecule has 1 aromatic rings. The van der Waals surface area contributed by atoms with Gasteiger partial charge in [0.15, 0.2) is 0 Å². The Morgan fingerprint density at radius 3 is 2.59 bits per heavy atom. The molecule has 29 heavy (non-hydrogen) atoms. The molecule has 0 aromatic heterocycles. The Kier molecular flexibility index (Phi) is 4.81. The van der Waals surface area contributed by atoms with Crippen LogP contribution in [0.1, 0.15) is 78.4 Å². The van der Waals surface area contributed by atoms with Crippen LogP contribution in [0.2, 0.25) is 0 Å². The van der Waals surface area contributed by atoms with Gasteiger partial charge in [-0.25, -0.2) is 4.79 Å². The van der Waals surface area contributed by atoms with Gasteiger partial charge in [-0.3, -0.25) is 0 Å². The van der Waals surface area contributed by atoms with Crippen molar-refractivity contribution in [1.29, 1.82) is 0 Å². The van der Waals surface area contributed by atoms with Crippen molar-refractivity contribution in [3.05, 3.63) is 35.4 Å². The van der Waals surface area contributed by atoms with Crippen molar-refractivity contribution in [3.8, 4) is 0 Å². The van der Waals surface area contributed by atoms with E-state index < -0.39 is 5.60 Å². The number of carbonyl (C=O) groups is 1. The lowest BCUT2D eigenvalue weighted by Crippen LogP contribution is -2.67. The highest BCUT2D eigenvalue weighted by molar-refractivity contribution is 5.76. The first kappa shape index (κ1) is 20.7. The standard InChI is InChI=1S/C25H38N2O2/c1-17-11-12-19(16-23(2,3)29)27(17)22(28)26-14-13-25(6)20-10-8-7-9-18(20)15-21(26)24(25,4)5/h7-10,17,19,21,29H,11-16H2,1-6H3/t17-,19-,21-,25+/m1/s1. The second-order valence-corrected chi connectivity index (χ2v) is 11.2. The van der Waals surface area contributed by atoms with Gasteiger partial charge in [0.2, 0.25) is 0 Å². The molecule has 0 spiro atoms. The molecule has 1 aliphatic carbocycles. The Hall–Kier alpha value is -1.55. The predicted octanol–water partition coefficient (Wildman–Crippen LogP) is 4.73. The summed E-state index contributed by atoms with van der Waals surface area (Å²) in [6.07, 6.45) is 4.58. The van der Waals surface area contributed by atoms with Gasteiger partial charge in [0.05, 0.1) is 5.60 Å². The van der Waals surface area contributed by atoms with Crippen LogP contribution in [0.4, 0.5) is 4.79 Å². The van der Waals surface area contributed by atoms with Gasteiger partial charge in [-0.1, -0.05) is 45.0 Å². The molecule has 1 aromatic carbocycles. The van der Waals surface area contributed by atoms with Gasteiger partial charge in [-0.2, -0.15) is 0 Å². The summed E-state index contributed by atoms with van der Waals surface area (Å²) in [4.78, 5) is 18.2. The molecule has 0 unspecified atom stereocenters. The lowest BCUT2D eigenvalue weighted by molar-refractivity contribution is -0.0288. The minimum Gasteiger partial charge on any atom is -0.390 e. The van der Waals surface area contributed by atoms with Crippen LogP contribution in [0.25, 0.3) is 0 Å². The maximum absolute atomic E-state index is 13.9. The monoisotopic (exact) mass is 398 g/mol. The highest BCUT2D eigenvalue weighted by atomic mass is 16.3. The van der Waals surface area contributed by atoms with Gasteiger partial charge in [0.25, 0.3) is 0 Å². The fourth-order valence-electron chi connectivity index (χ4n) is 6.44. The molecule has 2 fully saturated rings. The number of likely N-dealkylation sites (tertiary alicyclic amines) is 2. The van der Waals surface area contributed by atoms with E-state index in [2.05, 4.69) is 61.8 Å². The highest BCUT2D eigenvalue weighted by Crippen LogP contribution is 2.56. The summed E-state index contributed by atoms with van der Waals surface area (Å²) >= 11 is 0. The van der Waals surface area contributed by atoms with Crippen molar-refractivity contribution in [1.82, 2.24) is 9.80 Å². The summed E-state index contributed by atoms with van der Waals surface area (Å²) in [6.45, 7) is 13.8. The first-order valence-electron chi connectivity index (χ1n) is 11.4. The predicted molar refractivity (Wildman–Crippen MR) is 117 cm³/mol. The normalized spacial score (nSPS) is 33.6. The van der Waals surface area contributed by atoms with Gasteiger partial charge in [-0.15, -0.1) is 0 Å². The molecule has 4 rings (SSSR count). The average molecular weight is 399 g/mol. The number of hydrogen-bond acceptors (Lipinski definition) is 2. The number of benzene rings is 1. The van der Waals surface area contributed by atoms with E-state index in [4.69, 9.17) is 0 Å². The van der Waals surface area contributed by atoms with E-state index in [1.165, 1.54) is 11.1 Å². The van der Waals surface area contributed by atoms with Crippen molar-refractivity contribution in [2.24, 2.45) is 5.41 Å². The molecule has 2 amide bonds. The quantitative estimate of drug-likeness (QED) is 0.782. The van der Waals surface area contributed by atoms with E-state index in [0.717, 1.165) is 32.2 Å². The molecule has 160 valence electrons. The Bertz CT molecular complexity index is 796. The maximum Gasteiger partial charge on any atom is 0.320 e. The molecule has 2 saturated heterocycles. The Labute approximate surface area is 176 Å². The largest absolute Gasteiger partial charge is 0.390 e. The molecule has 1 N–H and O–H groups in total. The Morgan fingerprint density at radius 1 is 1.21 bits per heavy atom. The van der Waals surface area contributed by atoms with Crippen molar-refractivity contribution in [2.45, 2.75) is 103 Å². The van der Waals surface area contributed by atoms with E-state index in [1.54, 1.807) is 0 Å². The number of amides is 2. The fourth-order valence-corrected chi connectivity index (χ4v) is 6.44. The number of hydrogen-bond donors (Lipinski definition) is 1.